The highest BCUT2D eigenvalue weighted by Crippen LogP contribution is 2.08. The summed E-state index contributed by atoms with van der Waals surface area (Å²) in [5.41, 5.74) is 4.30. The first-order valence-corrected chi connectivity index (χ1v) is 5.84. The molecule has 0 bridgehead atoms. The van der Waals surface area contributed by atoms with Crippen LogP contribution in [0.2, 0.25) is 0 Å². The van der Waals surface area contributed by atoms with Crippen LogP contribution in [0.25, 0.3) is 0 Å². The van der Waals surface area contributed by atoms with Gasteiger partial charge < -0.3 is 5.43 Å². The molecular formula is C12H22N4. The van der Waals surface area contributed by atoms with Crippen molar-refractivity contribution in [2.75, 3.05) is 18.5 Å². The molecule has 0 unspecified atom stereocenters. The van der Waals surface area contributed by atoms with Crippen molar-refractivity contribution in [2.45, 2.75) is 27.7 Å². The Bertz CT molecular complexity index is 274. The van der Waals surface area contributed by atoms with Gasteiger partial charge in [-0.25, -0.2) is 15.0 Å². The van der Waals surface area contributed by atoms with E-state index in [1.807, 2.05) is 0 Å². The highest BCUT2D eigenvalue weighted by Gasteiger charge is 2.09. The van der Waals surface area contributed by atoms with Gasteiger partial charge in [-0.15, -0.1) is 0 Å². The van der Waals surface area contributed by atoms with Crippen LogP contribution in [0.1, 0.15) is 27.7 Å². The molecule has 1 aromatic heterocycles. The van der Waals surface area contributed by atoms with E-state index in [0.717, 1.165) is 18.8 Å². The molecule has 0 spiro atoms. The third kappa shape index (κ3) is 5.07. The molecule has 1 heterocycles. The van der Waals surface area contributed by atoms with Crippen LogP contribution in [-0.2, 0) is 0 Å². The van der Waals surface area contributed by atoms with E-state index in [2.05, 4.69) is 48.1 Å². The number of anilines is 1. The molecule has 0 aliphatic carbocycles. The van der Waals surface area contributed by atoms with Crippen LogP contribution < -0.4 is 5.43 Å². The minimum atomic E-state index is 0.635. The summed E-state index contributed by atoms with van der Waals surface area (Å²) in [5, 5.41) is 2.23. The zero-order valence-electron chi connectivity index (χ0n) is 10.6. The van der Waals surface area contributed by atoms with Crippen LogP contribution in [0.4, 0.5) is 5.69 Å². The van der Waals surface area contributed by atoms with E-state index in [9.17, 15) is 0 Å². The fourth-order valence-corrected chi connectivity index (χ4v) is 1.59. The average Bonchev–Trinajstić information content (AvgIpc) is 2.16. The lowest BCUT2D eigenvalue weighted by Crippen LogP contribution is -2.36. The van der Waals surface area contributed by atoms with E-state index >= 15 is 0 Å². The van der Waals surface area contributed by atoms with E-state index in [0.29, 0.717) is 11.8 Å². The van der Waals surface area contributed by atoms with Gasteiger partial charge in [-0.2, -0.15) is 0 Å². The Morgan fingerprint density at radius 1 is 1.06 bits per heavy atom. The molecule has 0 amide bonds. The van der Waals surface area contributed by atoms with Gasteiger partial charge in [0.05, 0.1) is 18.1 Å². The standard InChI is InChI=1S/C12H22N4/c1-10(2)7-16(8-11(3)4)15-12-5-13-9-14-6-12/h5-6,9-11,15H,7-8H2,1-4H3. The average molecular weight is 222 g/mol. The van der Waals surface area contributed by atoms with Crippen molar-refractivity contribution in [1.29, 1.82) is 0 Å². The van der Waals surface area contributed by atoms with Gasteiger partial charge >= 0.3 is 0 Å². The summed E-state index contributed by atoms with van der Waals surface area (Å²) < 4.78 is 0. The Morgan fingerprint density at radius 3 is 2.00 bits per heavy atom. The van der Waals surface area contributed by atoms with Crippen molar-refractivity contribution in [3.05, 3.63) is 18.7 Å². The first kappa shape index (κ1) is 12.9. The van der Waals surface area contributed by atoms with Gasteiger partial charge in [-0.1, -0.05) is 27.7 Å². The van der Waals surface area contributed by atoms with Crippen LogP contribution in [-0.4, -0.2) is 28.1 Å². The molecule has 1 rings (SSSR count). The largest absolute Gasteiger partial charge is 0.316 e. The maximum atomic E-state index is 4.00. The lowest BCUT2D eigenvalue weighted by molar-refractivity contribution is 0.261. The number of rotatable bonds is 6. The van der Waals surface area contributed by atoms with Gasteiger partial charge in [0.1, 0.15) is 6.33 Å². The fraction of sp³-hybridized carbons (Fsp3) is 0.667. The van der Waals surface area contributed by atoms with Crippen LogP contribution in [0.15, 0.2) is 18.7 Å². The highest BCUT2D eigenvalue weighted by molar-refractivity contribution is 5.35. The summed E-state index contributed by atoms with van der Waals surface area (Å²) in [6.45, 7) is 10.9. The van der Waals surface area contributed by atoms with Crippen molar-refractivity contribution < 1.29 is 0 Å². The number of nitrogens with one attached hydrogen (secondary N) is 1. The van der Waals surface area contributed by atoms with E-state index in [-0.39, 0.29) is 0 Å². The number of hydrogen-bond acceptors (Lipinski definition) is 4. The summed E-state index contributed by atoms with van der Waals surface area (Å²) in [6, 6.07) is 0. The Morgan fingerprint density at radius 2 is 1.56 bits per heavy atom. The van der Waals surface area contributed by atoms with Crippen molar-refractivity contribution >= 4 is 5.69 Å². The Kier molecular flexibility index (Phi) is 5.19. The number of aromatic nitrogens is 2. The first-order chi connectivity index (χ1) is 7.58. The minimum Gasteiger partial charge on any atom is -0.316 e. The molecular weight excluding hydrogens is 200 g/mol. The smallest absolute Gasteiger partial charge is 0.115 e. The molecule has 90 valence electrons. The van der Waals surface area contributed by atoms with Crippen LogP contribution in [0.5, 0.6) is 0 Å². The van der Waals surface area contributed by atoms with Crippen molar-refractivity contribution in [3.8, 4) is 0 Å². The number of hydrogen-bond donors (Lipinski definition) is 1. The second kappa shape index (κ2) is 6.43. The number of hydrazine groups is 1. The second-order valence-electron chi connectivity index (χ2n) is 4.93. The van der Waals surface area contributed by atoms with Crippen molar-refractivity contribution in [2.24, 2.45) is 11.8 Å². The molecule has 0 aromatic carbocycles. The Labute approximate surface area is 98.1 Å². The summed E-state index contributed by atoms with van der Waals surface area (Å²) in [4.78, 5) is 7.99. The van der Waals surface area contributed by atoms with Gasteiger partial charge in [0.2, 0.25) is 0 Å². The summed E-state index contributed by atoms with van der Waals surface area (Å²) >= 11 is 0. The molecule has 0 radical (unpaired) electrons. The molecule has 0 atom stereocenters. The van der Waals surface area contributed by atoms with Crippen LogP contribution in [0.3, 0.4) is 0 Å². The van der Waals surface area contributed by atoms with Crippen molar-refractivity contribution in [1.82, 2.24) is 15.0 Å². The molecule has 1 N–H and O–H groups in total. The summed E-state index contributed by atoms with van der Waals surface area (Å²) in [7, 11) is 0. The second-order valence-corrected chi connectivity index (χ2v) is 4.93. The van der Waals surface area contributed by atoms with Gasteiger partial charge in [0.25, 0.3) is 0 Å². The van der Waals surface area contributed by atoms with Crippen LogP contribution >= 0.6 is 0 Å². The van der Waals surface area contributed by atoms with E-state index in [4.69, 9.17) is 0 Å². The molecule has 0 aliphatic heterocycles. The summed E-state index contributed by atoms with van der Waals surface area (Å²) in [6.07, 6.45) is 5.13. The third-order valence-corrected chi connectivity index (χ3v) is 2.02. The highest BCUT2D eigenvalue weighted by atomic mass is 15.5. The fourth-order valence-electron chi connectivity index (χ4n) is 1.59. The van der Waals surface area contributed by atoms with E-state index in [1.54, 1.807) is 18.7 Å². The topological polar surface area (TPSA) is 41.0 Å². The monoisotopic (exact) mass is 222 g/mol. The molecule has 0 saturated carbocycles. The van der Waals surface area contributed by atoms with Gasteiger partial charge in [0, 0.05) is 13.1 Å². The minimum absolute atomic E-state index is 0.635. The Balaban J connectivity index is 2.56. The first-order valence-electron chi connectivity index (χ1n) is 5.84. The third-order valence-electron chi connectivity index (χ3n) is 2.02. The molecule has 0 saturated heterocycles. The molecule has 1 aromatic rings. The SMILES string of the molecule is CC(C)CN(CC(C)C)Nc1cncnc1. The van der Waals surface area contributed by atoms with Crippen molar-refractivity contribution in [3.63, 3.8) is 0 Å². The van der Waals surface area contributed by atoms with E-state index in [1.165, 1.54) is 0 Å². The quantitative estimate of drug-likeness (QED) is 0.750. The van der Waals surface area contributed by atoms with Gasteiger partial charge in [-0.05, 0) is 11.8 Å². The Hall–Kier alpha value is -1.16. The molecule has 4 nitrogen and oxygen atoms in total. The van der Waals surface area contributed by atoms with Gasteiger partial charge in [-0.3, -0.25) is 0 Å². The summed E-state index contributed by atoms with van der Waals surface area (Å²) in [5.74, 6) is 1.27. The van der Waals surface area contributed by atoms with Gasteiger partial charge in [0.15, 0.2) is 0 Å². The molecule has 4 heteroatoms. The van der Waals surface area contributed by atoms with E-state index < -0.39 is 0 Å². The normalized spacial score (nSPS) is 11.4. The maximum absolute atomic E-state index is 4.00. The zero-order valence-corrected chi connectivity index (χ0v) is 10.6. The lowest BCUT2D eigenvalue weighted by atomic mass is 10.2. The predicted molar refractivity (Wildman–Crippen MR) is 66.9 cm³/mol. The molecule has 16 heavy (non-hydrogen) atoms. The van der Waals surface area contributed by atoms with Crippen LogP contribution in [0, 0.1) is 11.8 Å². The molecule has 0 aliphatic rings. The molecule has 0 fully saturated rings. The maximum Gasteiger partial charge on any atom is 0.115 e. The zero-order chi connectivity index (χ0) is 12.0. The number of nitrogens with zero attached hydrogens (tertiary/aromatic N) is 3. The predicted octanol–water partition coefficient (Wildman–Crippen LogP) is 2.42. The lowest BCUT2D eigenvalue weighted by Gasteiger charge is -2.27.